The van der Waals surface area contributed by atoms with Crippen LogP contribution in [0.4, 0.5) is 17.2 Å². The number of aromatic nitrogens is 1. The number of esters is 1. The number of nitrogens with zero attached hydrogens (tertiary/aromatic N) is 1. The quantitative estimate of drug-likeness (QED) is 0.844. The van der Waals surface area contributed by atoms with E-state index < -0.39 is 5.97 Å². The van der Waals surface area contributed by atoms with Crippen molar-refractivity contribution in [3.05, 3.63) is 47.1 Å². The van der Waals surface area contributed by atoms with E-state index in [0.717, 1.165) is 5.69 Å². The Labute approximate surface area is 115 Å². The zero-order chi connectivity index (χ0) is 13.8. The van der Waals surface area contributed by atoms with Crippen LogP contribution in [-0.2, 0) is 4.74 Å². The van der Waals surface area contributed by atoms with Crippen LogP contribution in [0.3, 0.4) is 0 Å². The average molecular weight is 278 g/mol. The molecular weight excluding hydrogens is 266 g/mol. The lowest BCUT2D eigenvalue weighted by Crippen LogP contribution is -2.05. The Hall–Kier alpha value is -2.27. The summed E-state index contributed by atoms with van der Waals surface area (Å²) < 4.78 is 4.59. The number of nitrogens with two attached hydrogens (primary N) is 1. The number of carbonyl (C=O) groups is 1. The van der Waals surface area contributed by atoms with Gasteiger partial charge in [-0.1, -0.05) is 17.7 Å². The summed E-state index contributed by atoms with van der Waals surface area (Å²) in [5.41, 5.74) is 7.25. The van der Waals surface area contributed by atoms with Gasteiger partial charge in [0.15, 0.2) is 5.82 Å². The Bertz CT molecular complexity index is 617. The molecule has 1 heterocycles. The van der Waals surface area contributed by atoms with Gasteiger partial charge in [0.25, 0.3) is 0 Å². The highest BCUT2D eigenvalue weighted by molar-refractivity contribution is 6.30. The van der Waals surface area contributed by atoms with Gasteiger partial charge in [0.2, 0.25) is 0 Å². The number of halogens is 1. The van der Waals surface area contributed by atoms with Gasteiger partial charge in [0.1, 0.15) is 0 Å². The molecule has 0 amide bonds. The molecule has 98 valence electrons. The van der Waals surface area contributed by atoms with Crippen molar-refractivity contribution in [2.24, 2.45) is 0 Å². The SMILES string of the molecule is COC(=O)c1cnc(Nc2cccc(Cl)c2)c(N)c1. The van der Waals surface area contributed by atoms with E-state index in [9.17, 15) is 4.79 Å². The van der Waals surface area contributed by atoms with Crippen molar-refractivity contribution in [3.8, 4) is 0 Å². The van der Waals surface area contributed by atoms with Gasteiger partial charge < -0.3 is 15.8 Å². The van der Waals surface area contributed by atoms with Crippen LogP contribution in [0.2, 0.25) is 5.02 Å². The van der Waals surface area contributed by atoms with E-state index in [-0.39, 0.29) is 0 Å². The fraction of sp³-hybridized carbons (Fsp3) is 0.0769. The van der Waals surface area contributed by atoms with Gasteiger partial charge in [-0.15, -0.1) is 0 Å². The minimum Gasteiger partial charge on any atom is -0.465 e. The second kappa shape index (κ2) is 5.58. The number of ether oxygens (including phenoxy) is 1. The Morgan fingerprint density at radius 3 is 2.84 bits per heavy atom. The third kappa shape index (κ3) is 3.14. The third-order valence-electron chi connectivity index (χ3n) is 2.43. The summed E-state index contributed by atoms with van der Waals surface area (Å²) >= 11 is 5.88. The first kappa shape index (κ1) is 13.2. The lowest BCUT2D eigenvalue weighted by atomic mass is 10.2. The van der Waals surface area contributed by atoms with Crippen molar-refractivity contribution in [1.29, 1.82) is 0 Å². The predicted octanol–water partition coefficient (Wildman–Crippen LogP) is 2.85. The van der Waals surface area contributed by atoms with Gasteiger partial charge in [-0.25, -0.2) is 9.78 Å². The maximum Gasteiger partial charge on any atom is 0.339 e. The van der Waals surface area contributed by atoms with Crippen molar-refractivity contribution in [3.63, 3.8) is 0 Å². The zero-order valence-corrected chi connectivity index (χ0v) is 10.9. The maximum absolute atomic E-state index is 11.3. The van der Waals surface area contributed by atoms with Crippen LogP contribution in [0.1, 0.15) is 10.4 Å². The highest BCUT2D eigenvalue weighted by atomic mass is 35.5. The number of rotatable bonds is 3. The molecule has 0 spiro atoms. The van der Waals surface area contributed by atoms with E-state index in [1.807, 2.05) is 12.1 Å². The van der Waals surface area contributed by atoms with E-state index in [4.69, 9.17) is 17.3 Å². The maximum atomic E-state index is 11.3. The Balaban J connectivity index is 2.24. The van der Waals surface area contributed by atoms with E-state index in [1.165, 1.54) is 19.4 Å². The first-order valence-corrected chi connectivity index (χ1v) is 5.84. The molecule has 1 aromatic heterocycles. The summed E-state index contributed by atoms with van der Waals surface area (Å²) in [6.07, 6.45) is 1.40. The normalized spacial score (nSPS) is 10.0. The zero-order valence-electron chi connectivity index (χ0n) is 10.2. The molecule has 0 aliphatic carbocycles. The molecule has 0 aliphatic rings. The van der Waals surface area contributed by atoms with Crippen molar-refractivity contribution in [1.82, 2.24) is 4.98 Å². The summed E-state index contributed by atoms with van der Waals surface area (Å²) in [5, 5.41) is 3.63. The molecule has 0 saturated heterocycles. The topological polar surface area (TPSA) is 77.2 Å². The van der Waals surface area contributed by atoms with Gasteiger partial charge in [-0.05, 0) is 24.3 Å². The number of anilines is 3. The van der Waals surface area contributed by atoms with Crippen LogP contribution < -0.4 is 11.1 Å². The fourth-order valence-electron chi connectivity index (χ4n) is 1.52. The molecule has 0 radical (unpaired) electrons. The second-order valence-corrected chi connectivity index (χ2v) is 4.23. The monoisotopic (exact) mass is 277 g/mol. The number of carbonyl (C=O) groups excluding carboxylic acids is 1. The highest BCUT2D eigenvalue weighted by Crippen LogP contribution is 2.23. The van der Waals surface area contributed by atoms with Crippen LogP contribution in [0.5, 0.6) is 0 Å². The standard InChI is InChI=1S/C13H12ClN3O2/c1-19-13(18)8-5-11(15)12(16-7-8)17-10-4-2-3-9(14)6-10/h2-7H,15H2,1H3,(H,16,17). The molecule has 0 aliphatic heterocycles. The molecule has 0 atom stereocenters. The van der Waals surface area contributed by atoms with Crippen molar-refractivity contribution in [2.75, 3.05) is 18.2 Å². The van der Waals surface area contributed by atoms with Gasteiger partial charge in [0, 0.05) is 16.9 Å². The smallest absolute Gasteiger partial charge is 0.339 e. The minimum atomic E-state index is -0.478. The molecule has 0 fully saturated rings. The molecule has 0 bridgehead atoms. The second-order valence-electron chi connectivity index (χ2n) is 3.79. The number of methoxy groups -OCH3 is 1. The molecule has 2 rings (SSSR count). The minimum absolute atomic E-state index is 0.302. The fourth-order valence-corrected chi connectivity index (χ4v) is 1.71. The number of hydrogen-bond acceptors (Lipinski definition) is 5. The number of hydrogen-bond donors (Lipinski definition) is 2. The molecule has 19 heavy (non-hydrogen) atoms. The summed E-state index contributed by atoms with van der Waals surface area (Å²) in [6, 6.07) is 8.66. The van der Waals surface area contributed by atoms with Crippen molar-refractivity contribution >= 4 is 34.8 Å². The van der Waals surface area contributed by atoms with Crippen LogP contribution in [-0.4, -0.2) is 18.1 Å². The van der Waals surface area contributed by atoms with Crippen LogP contribution in [0.25, 0.3) is 0 Å². The first-order chi connectivity index (χ1) is 9.10. The predicted molar refractivity (Wildman–Crippen MR) is 74.7 cm³/mol. The molecule has 6 heteroatoms. The largest absolute Gasteiger partial charge is 0.465 e. The van der Waals surface area contributed by atoms with Crippen LogP contribution in [0.15, 0.2) is 36.5 Å². The molecule has 0 saturated carbocycles. The molecular formula is C13H12ClN3O2. The van der Waals surface area contributed by atoms with Crippen LogP contribution in [0, 0.1) is 0 Å². The Morgan fingerprint density at radius 2 is 2.21 bits per heavy atom. The first-order valence-electron chi connectivity index (χ1n) is 5.46. The summed E-state index contributed by atoms with van der Waals surface area (Å²) in [4.78, 5) is 15.4. The Morgan fingerprint density at radius 1 is 1.42 bits per heavy atom. The molecule has 1 aromatic carbocycles. The van der Waals surface area contributed by atoms with E-state index in [2.05, 4.69) is 15.0 Å². The van der Waals surface area contributed by atoms with Gasteiger partial charge in [-0.3, -0.25) is 0 Å². The van der Waals surface area contributed by atoms with E-state index in [1.54, 1.807) is 12.1 Å². The van der Waals surface area contributed by atoms with Gasteiger partial charge >= 0.3 is 5.97 Å². The number of benzene rings is 1. The molecule has 5 nitrogen and oxygen atoms in total. The molecule has 2 aromatic rings. The number of nitrogens with one attached hydrogen (secondary N) is 1. The summed E-state index contributed by atoms with van der Waals surface area (Å²) in [7, 11) is 1.30. The Kier molecular flexibility index (Phi) is 3.87. The van der Waals surface area contributed by atoms with Crippen molar-refractivity contribution < 1.29 is 9.53 Å². The van der Waals surface area contributed by atoms with Gasteiger partial charge in [0.05, 0.1) is 18.4 Å². The van der Waals surface area contributed by atoms with E-state index >= 15 is 0 Å². The summed E-state index contributed by atoms with van der Waals surface area (Å²) in [6.45, 7) is 0. The third-order valence-corrected chi connectivity index (χ3v) is 2.66. The molecule has 3 N–H and O–H groups in total. The van der Waals surface area contributed by atoms with Crippen molar-refractivity contribution in [2.45, 2.75) is 0 Å². The van der Waals surface area contributed by atoms with E-state index in [0.29, 0.717) is 22.1 Å². The number of pyridine rings is 1. The lowest BCUT2D eigenvalue weighted by Gasteiger charge is -2.09. The highest BCUT2D eigenvalue weighted by Gasteiger charge is 2.09. The van der Waals surface area contributed by atoms with Crippen LogP contribution >= 0.6 is 11.6 Å². The van der Waals surface area contributed by atoms with Gasteiger partial charge in [-0.2, -0.15) is 0 Å². The number of nitrogen functional groups attached to an aromatic ring is 1. The lowest BCUT2D eigenvalue weighted by molar-refractivity contribution is 0.0600. The molecule has 0 unspecified atom stereocenters. The summed E-state index contributed by atoms with van der Waals surface area (Å²) in [5.74, 6) is -0.0246. The average Bonchev–Trinajstić information content (AvgIpc) is 2.40.